The minimum Gasteiger partial charge on any atom is -0.448 e. The summed E-state index contributed by atoms with van der Waals surface area (Å²) in [6.07, 6.45) is 1.85. The number of aliphatic hydroxyl groups is 1. The Labute approximate surface area is 203 Å². The molecule has 6 rings (SSSR count). The number of rotatable bonds is 4. The number of hydrogen-bond donors (Lipinski definition) is 1. The minimum absolute atomic E-state index is 0.0123. The molecule has 2 fully saturated rings. The summed E-state index contributed by atoms with van der Waals surface area (Å²) >= 11 is 0. The van der Waals surface area contributed by atoms with Crippen molar-refractivity contribution in [1.29, 1.82) is 0 Å². The molecule has 0 saturated carbocycles. The van der Waals surface area contributed by atoms with E-state index >= 15 is 0 Å². The molecule has 4 nitrogen and oxygen atoms in total. The van der Waals surface area contributed by atoms with E-state index in [1.165, 1.54) is 23.3 Å². The average Bonchev–Trinajstić information content (AvgIpc) is 3.33. The molecule has 3 aromatic rings. The van der Waals surface area contributed by atoms with Crippen LogP contribution in [-0.4, -0.2) is 40.4 Å². The van der Waals surface area contributed by atoms with Crippen molar-refractivity contribution < 1.29 is 23.4 Å². The van der Waals surface area contributed by atoms with E-state index in [0.29, 0.717) is 12.8 Å². The summed E-state index contributed by atoms with van der Waals surface area (Å²) in [5.74, 6) is -1.83. The van der Waals surface area contributed by atoms with Gasteiger partial charge in [0.25, 0.3) is 0 Å². The van der Waals surface area contributed by atoms with Crippen molar-refractivity contribution in [2.75, 3.05) is 6.61 Å². The zero-order valence-electron chi connectivity index (χ0n) is 19.3. The molecule has 1 amide bonds. The number of fused-ring (bicyclic) bond motifs is 5. The molecular weight excluding hydrogens is 448 g/mol. The molecule has 1 N–H and O–H groups in total. The van der Waals surface area contributed by atoms with Gasteiger partial charge in [-0.3, -0.25) is 0 Å². The zero-order valence-corrected chi connectivity index (χ0v) is 19.3. The van der Waals surface area contributed by atoms with E-state index in [2.05, 4.69) is 24.3 Å². The summed E-state index contributed by atoms with van der Waals surface area (Å²) < 4.78 is 33.8. The van der Waals surface area contributed by atoms with Crippen LogP contribution in [0.5, 0.6) is 0 Å². The van der Waals surface area contributed by atoms with Crippen molar-refractivity contribution in [1.82, 2.24) is 4.90 Å². The number of carbonyl (C=O) groups excluding carboxylic acids is 1. The predicted octanol–water partition coefficient (Wildman–Crippen LogP) is 5.81. The number of benzene rings is 3. The highest BCUT2D eigenvalue weighted by Crippen LogP contribution is 2.46. The predicted molar refractivity (Wildman–Crippen MR) is 128 cm³/mol. The van der Waals surface area contributed by atoms with Crippen molar-refractivity contribution in [2.24, 2.45) is 0 Å². The summed E-state index contributed by atoms with van der Waals surface area (Å²) in [5, 5.41) is 11.3. The van der Waals surface area contributed by atoms with Gasteiger partial charge in [-0.15, -0.1) is 0 Å². The van der Waals surface area contributed by atoms with Crippen molar-refractivity contribution in [3.8, 4) is 11.1 Å². The molecule has 2 heterocycles. The highest BCUT2D eigenvalue weighted by Gasteiger charge is 2.50. The molecular formula is C29H27F2NO3. The lowest BCUT2D eigenvalue weighted by molar-refractivity contribution is -0.0484. The van der Waals surface area contributed by atoms with Gasteiger partial charge in [-0.05, 0) is 59.6 Å². The van der Waals surface area contributed by atoms with Gasteiger partial charge >= 0.3 is 6.09 Å². The molecule has 3 aliphatic rings. The SMILES string of the molecule is O=C(OCC1c2ccccc2-c2ccccc21)N1C2CCC1CC(O)(Cc1cccc(F)c1F)C2. The lowest BCUT2D eigenvalue weighted by atomic mass is 9.81. The molecule has 3 aromatic carbocycles. The van der Waals surface area contributed by atoms with Gasteiger partial charge in [0, 0.05) is 24.4 Å². The van der Waals surface area contributed by atoms with Crippen LogP contribution in [0.25, 0.3) is 11.1 Å². The van der Waals surface area contributed by atoms with Gasteiger partial charge in [0.05, 0.1) is 5.60 Å². The normalized spacial score (nSPS) is 24.8. The lowest BCUT2D eigenvalue weighted by Gasteiger charge is -2.43. The molecule has 0 spiro atoms. The fraction of sp³-hybridized carbons (Fsp3) is 0.345. The Bertz CT molecular complexity index is 1230. The Morgan fingerprint density at radius 2 is 1.51 bits per heavy atom. The first-order valence-corrected chi connectivity index (χ1v) is 12.2. The summed E-state index contributed by atoms with van der Waals surface area (Å²) in [6, 6.07) is 20.1. The number of halogens is 2. The van der Waals surface area contributed by atoms with Crippen LogP contribution in [0.2, 0.25) is 0 Å². The van der Waals surface area contributed by atoms with Gasteiger partial charge in [-0.25, -0.2) is 13.6 Å². The van der Waals surface area contributed by atoms with Gasteiger partial charge in [0.15, 0.2) is 11.6 Å². The number of carbonyl (C=O) groups is 1. The van der Waals surface area contributed by atoms with Crippen LogP contribution in [0.4, 0.5) is 13.6 Å². The molecule has 2 saturated heterocycles. The summed E-state index contributed by atoms with van der Waals surface area (Å²) in [6.45, 7) is 0.252. The second kappa shape index (κ2) is 8.45. The van der Waals surface area contributed by atoms with Crippen molar-refractivity contribution in [2.45, 2.75) is 55.7 Å². The monoisotopic (exact) mass is 475 g/mol. The van der Waals surface area contributed by atoms with Crippen molar-refractivity contribution in [3.05, 3.63) is 95.1 Å². The smallest absolute Gasteiger partial charge is 0.410 e. The molecule has 0 radical (unpaired) electrons. The maximum Gasteiger partial charge on any atom is 0.410 e. The molecule has 35 heavy (non-hydrogen) atoms. The second-order valence-electron chi connectivity index (χ2n) is 10.1. The fourth-order valence-electron chi connectivity index (χ4n) is 6.47. The van der Waals surface area contributed by atoms with Crippen LogP contribution in [0.3, 0.4) is 0 Å². The first-order chi connectivity index (χ1) is 16.9. The number of hydrogen-bond acceptors (Lipinski definition) is 3. The highest BCUT2D eigenvalue weighted by atomic mass is 19.2. The van der Waals surface area contributed by atoms with Crippen molar-refractivity contribution >= 4 is 6.09 Å². The van der Waals surface area contributed by atoms with Gasteiger partial charge < -0.3 is 14.7 Å². The van der Waals surface area contributed by atoms with Crippen LogP contribution in [-0.2, 0) is 11.2 Å². The fourth-order valence-corrected chi connectivity index (χ4v) is 6.47. The minimum atomic E-state index is -1.18. The van der Waals surface area contributed by atoms with Crippen molar-refractivity contribution in [3.63, 3.8) is 0 Å². The largest absolute Gasteiger partial charge is 0.448 e. The van der Waals surface area contributed by atoms with Gasteiger partial charge in [-0.2, -0.15) is 0 Å². The van der Waals surface area contributed by atoms with E-state index in [1.807, 2.05) is 24.3 Å². The summed E-state index contributed by atoms with van der Waals surface area (Å²) in [5.41, 5.74) is 3.67. The molecule has 1 aliphatic carbocycles. The molecule has 2 unspecified atom stereocenters. The maximum absolute atomic E-state index is 14.2. The van der Waals surface area contributed by atoms with E-state index < -0.39 is 17.2 Å². The van der Waals surface area contributed by atoms with E-state index in [0.717, 1.165) is 30.0 Å². The lowest BCUT2D eigenvalue weighted by Crippen LogP contribution is -2.54. The maximum atomic E-state index is 14.2. The standard InChI is InChI=1S/C29H27F2NO3/c30-26-11-5-6-18(27(26)31)14-29(34)15-19-12-13-20(16-29)32(19)28(33)35-17-25-23-9-3-1-7-21(23)22-8-2-4-10-24(22)25/h1-11,19-20,25,34H,12-17H2. The van der Waals surface area contributed by atoms with E-state index in [1.54, 1.807) is 4.90 Å². The van der Waals surface area contributed by atoms with Crippen LogP contribution in [0.1, 0.15) is 48.3 Å². The first kappa shape index (κ1) is 22.2. The number of ether oxygens (including phenoxy) is 1. The molecule has 180 valence electrons. The Morgan fingerprint density at radius 3 is 2.14 bits per heavy atom. The van der Waals surface area contributed by atoms with E-state index in [-0.39, 0.29) is 42.7 Å². The molecule has 0 aromatic heterocycles. The molecule has 2 aliphatic heterocycles. The van der Waals surface area contributed by atoms with E-state index in [9.17, 15) is 18.7 Å². The Kier molecular flexibility index (Phi) is 5.37. The topological polar surface area (TPSA) is 49.8 Å². The van der Waals surface area contributed by atoms with E-state index in [4.69, 9.17) is 4.74 Å². The third kappa shape index (κ3) is 3.80. The number of amides is 1. The zero-order chi connectivity index (χ0) is 24.2. The Morgan fingerprint density at radius 1 is 0.914 bits per heavy atom. The molecule has 2 bridgehead atoms. The van der Waals surface area contributed by atoms with Gasteiger partial charge in [0.1, 0.15) is 6.61 Å². The van der Waals surface area contributed by atoms with Crippen LogP contribution in [0, 0.1) is 11.6 Å². The summed E-state index contributed by atoms with van der Waals surface area (Å²) in [4.78, 5) is 15.0. The van der Waals surface area contributed by atoms with Gasteiger partial charge in [-0.1, -0.05) is 60.7 Å². The number of piperidine rings is 1. The quantitative estimate of drug-likeness (QED) is 0.518. The van der Waals surface area contributed by atoms with Crippen LogP contribution in [0.15, 0.2) is 66.7 Å². The first-order valence-electron chi connectivity index (χ1n) is 12.2. The third-order valence-electron chi connectivity index (χ3n) is 7.95. The average molecular weight is 476 g/mol. The third-order valence-corrected chi connectivity index (χ3v) is 7.95. The highest BCUT2D eigenvalue weighted by molar-refractivity contribution is 5.79. The molecule has 6 heteroatoms. The van der Waals surface area contributed by atoms with Crippen LogP contribution >= 0.6 is 0 Å². The van der Waals surface area contributed by atoms with Gasteiger partial charge in [0.2, 0.25) is 0 Å². The summed E-state index contributed by atoms with van der Waals surface area (Å²) in [7, 11) is 0. The second-order valence-corrected chi connectivity index (χ2v) is 10.1. The number of nitrogens with zero attached hydrogens (tertiary/aromatic N) is 1. The Balaban J connectivity index is 1.16. The Hall–Kier alpha value is -3.25. The molecule has 2 atom stereocenters. The van der Waals surface area contributed by atoms with Crippen LogP contribution < -0.4 is 0 Å².